The topological polar surface area (TPSA) is 15.3 Å². The first kappa shape index (κ1) is 12.4. The lowest BCUT2D eigenvalue weighted by molar-refractivity contribution is 0.305. The molecule has 0 amide bonds. The Balaban J connectivity index is 2.16. The van der Waals surface area contributed by atoms with Crippen LogP contribution in [0.3, 0.4) is 0 Å². The van der Waals surface area contributed by atoms with Gasteiger partial charge in [-0.1, -0.05) is 18.2 Å². The molecule has 1 aliphatic rings. The minimum absolute atomic E-state index is 0.326. The number of aryl methyl sites for hydroxylation is 2. The first-order valence-corrected chi connectivity index (χ1v) is 6.56. The lowest BCUT2D eigenvalue weighted by atomic mass is 9.89. The second-order valence-electron chi connectivity index (χ2n) is 5.54. The molecule has 0 radical (unpaired) electrons. The van der Waals surface area contributed by atoms with Gasteiger partial charge in [0.1, 0.15) is 0 Å². The van der Waals surface area contributed by atoms with Crippen molar-refractivity contribution >= 4 is 5.69 Å². The molecule has 1 saturated heterocycles. The Morgan fingerprint density at radius 1 is 1.12 bits per heavy atom. The third-order valence-electron chi connectivity index (χ3n) is 4.23. The van der Waals surface area contributed by atoms with E-state index >= 15 is 0 Å². The highest BCUT2D eigenvalue weighted by Gasteiger charge is 2.29. The highest BCUT2D eigenvalue weighted by atomic mass is 15.2. The SMILES string of the molecule is CNC1(C)CCN(c2c(C)cccc2C)CC1. The van der Waals surface area contributed by atoms with Crippen LogP contribution in [0.5, 0.6) is 0 Å². The van der Waals surface area contributed by atoms with E-state index in [1.807, 2.05) is 0 Å². The molecule has 94 valence electrons. The summed E-state index contributed by atoms with van der Waals surface area (Å²) in [5.74, 6) is 0. The summed E-state index contributed by atoms with van der Waals surface area (Å²) in [5.41, 5.74) is 4.58. The van der Waals surface area contributed by atoms with Crippen LogP contribution in [-0.4, -0.2) is 25.7 Å². The van der Waals surface area contributed by atoms with E-state index in [0.29, 0.717) is 5.54 Å². The summed E-state index contributed by atoms with van der Waals surface area (Å²) in [4.78, 5) is 2.55. The Morgan fingerprint density at radius 3 is 2.12 bits per heavy atom. The van der Waals surface area contributed by atoms with E-state index < -0.39 is 0 Å². The van der Waals surface area contributed by atoms with Gasteiger partial charge in [-0.25, -0.2) is 0 Å². The summed E-state index contributed by atoms with van der Waals surface area (Å²) in [6.07, 6.45) is 2.44. The molecule has 0 aliphatic carbocycles. The van der Waals surface area contributed by atoms with E-state index in [1.165, 1.54) is 29.7 Å². The Bertz CT molecular complexity index is 370. The number of piperidine rings is 1. The van der Waals surface area contributed by atoms with Gasteiger partial charge >= 0.3 is 0 Å². The highest BCUT2D eigenvalue weighted by molar-refractivity contribution is 5.59. The number of anilines is 1. The first-order chi connectivity index (χ1) is 8.06. The van der Waals surface area contributed by atoms with Gasteiger partial charge in [0, 0.05) is 24.3 Å². The zero-order chi connectivity index (χ0) is 12.5. The van der Waals surface area contributed by atoms with Crippen molar-refractivity contribution < 1.29 is 0 Å². The molecule has 1 aliphatic heterocycles. The minimum atomic E-state index is 0.326. The van der Waals surface area contributed by atoms with Crippen molar-refractivity contribution in [2.45, 2.75) is 39.2 Å². The van der Waals surface area contributed by atoms with Crippen LogP contribution in [0.25, 0.3) is 0 Å². The number of nitrogens with one attached hydrogen (secondary N) is 1. The molecule has 1 aromatic rings. The molecule has 0 aromatic heterocycles. The second kappa shape index (κ2) is 4.69. The van der Waals surface area contributed by atoms with Gasteiger partial charge in [-0.15, -0.1) is 0 Å². The molecule has 0 unspecified atom stereocenters. The molecule has 1 N–H and O–H groups in total. The van der Waals surface area contributed by atoms with Crippen LogP contribution in [-0.2, 0) is 0 Å². The molecule has 1 fully saturated rings. The first-order valence-electron chi connectivity index (χ1n) is 6.56. The lowest BCUT2D eigenvalue weighted by Crippen LogP contribution is -2.50. The van der Waals surface area contributed by atoms with Gasteiger partial charge < -0.3 is 10.2 Å². The van der Waals surface area contributed by atoms with E-state index in [9.17, 15) is 0 Å². The van der Waals surface area contributed by atoms with E-state index in [-0.39, 0.29) is 0 Å². The van der Waals surface area contributed by atoms with Gasteiger partial charge in [-0.05, 0) is 51.8 Å². The summed E-state index contributed by atoms with van der Waals surface area (Å²) in [6, 6.07) is 6.58. The van der Waals surface area contributed by atoms with Crippen molar-refractivity contribution in [3.05, 3.63) is 29.3 Å². The number of para-hydroxylation sites is 1. The van der Waals surface area contributed by atoms with Gasteiger partial charge in [0.15, 0.2) is 0 Å². The van der Waals surface area contributed by atoms with Crippen molar-refractivity contribution in [1.29, 1.82) is 0 Å². The molecule has 1 heterocycles. The molecule has 2 heteroatoms. The number of benzene rings is 1. The molecule has 0 saturated carbocycles. The predicted octanol–water partition coefficient (Wildman–Crippen LogP) is 2.88. The second-order valence-corrected chi connectivity index (χ2v) is 5.54. The number of hydrogen-bond donors (Lipinski definition) is 1. The smallest absolute Gasteiger partial charge is 0.0425 e. The Morgan fingerprint density at radius 2 is 1.65 bits per heavy atom. The maximum atomic E-state index is 3.45. The van der Waals surface area contributed by atoms with E-state index in [1.54, 1.807) is 0 Å². The molecule has 0 spiro atoms. The molecule has 1 aromatic carbocycles. The average Bonchev–Trinajstić information content (AvgIpc) is 2.31. The molecule has 2 rings (SSSR count). The molecule has 0 bridgehead atoms. The third kappa shape index (κ3) is 2.47. The van der Waals surface area contributed by atoms with Crippen LogP contribution in [0.1, 0.15) is 30.9 Å². The van der Waals surface area contributed by atoms with Gasteiger partial charge in [0.25, 0.3) is 0 Å². The Hall–Kier alpha value is -1.02. The normalized spacial score (nSPS) is 19.4. The van der Waals surface area contributed by atoms with Gasteiger partial charge in [0.2, 0.25) is 0 Å². The van der Waals surface area contributed by atoms with E-state index in [4.69, 9.17) is 0 Å². The summed E-state index contributed by atoms with van der Waals surface area (Å²) in [7, 11) is 2.08. The number of hydrogen-bond acceptors (Lipinski definition) is 2. The van der Waals surface area contributed by atoms with Crippen LogP contribution in [0.15, 0.2) is 18.2 Å². The zero-order valence-electron chi connectivity index (χ0n) is 11.5. The van der Waals surface area contributed by atoms with Crippen molar-refractivity contribution in [2.75, 3.05) is 25.0 Å². The summed E-state index contributed by atoms with van der Waals surface area (Å²) < 4.78 is 0. The van der Waals surface area contributed by atoms with Crippen LogP contribution in [0, 0.1) is 13.8 Å². The van der Waals surface area contributed by atoms with Crippen molar-refractivity contribution in [3.8, 4) is 0 Å². The van der Waals surface area contributed by atoms with Crippen molar-refractivity contribution in [3.63, 3.8) is 0 Å². The van der Waals surface area contributed by atoms with Gasteiger partial charge in [0.05, 0.1) is 0 Å². The summed E-state index contributed by atoms with van der Waals surface area (Å²) in [6.45, 7) is 9.07. The van der Waals surface area contributed by atoms with Crippen molar-refractivity contribution in [2.24, 2.45) is 0 Å². The summed E-state index contributed by atoms with van der Waals surface area (Å²) in [5, 5.41) is 3.45. The van der Waals surface area contributed by atoms with Gasteiger partial charge in [-0.2, -0.15) is 0 Å². The molecule has 2 nitrogen and oxygen atoms in total. The standard InChI is InChI=1S/C15H24N2/c1-12-6-5-7-13(2)14(12)17-10-8-15(3,16-4)9-11-17/h5-7,16H,8-11H2,1-4H3. The Kier molecular flexibility index (Phi) is 3.43. The largest absolute Gasteiger partial charge is 0.371 e. The van der Waals surface area contributed by atoms with Crippen LogP contribution in [0.4, 0.5) is 5.69 Å². The van der Waals surface area contributed by atoms with Gasteiger partial charge in [-0.3, -0.25) is 0 Å². The van der Waals surface area contributed by atoms with Crippen LogP contribution >= 0.6 is 0 Å². The maximum Gasteiger partial charge on any atom is 0.0425 e. The van der Waals surface area contributed by atoms with Crippen LogP contribution < -0.4 is 10.2 Å². The van der Waals surface area contributed by atoms with E-state index in [2.05, 4.69) is 56.2 Å². The maximum absolute atomic E-state index is 3.45. The molecular formula is C15H24N2. The lowest BCUT2D eigenvalue weighted by Gasteiger charge is -2.41. The quantitative estimate of drug-likeness (QED) is 0.843. The fourth-order valence-corrected chi connectivity index (χ4v) is 2.78. The van der Waals surface area contributed by atoms with Crippen molar-refractivity contribution in [1.82, 2.24) is 5.32 Å². The number of rotatable bonds is 2. The monoisotopic (exact) mass is 232 g/mol. The van der Waals surface area contributed by atoms with Crippen LogP contribution in [0.2, 0.25) is 0 Å². The summed E-state index contributed by atoms with van der Waals surface area (Å²) >= 11 is 0. The highest BCUT2D eigenvalue weighted by Crippen LogP contribution is 2.30. The van der Waals surface area contributed by atoms with E-state index in [0.717, 1.165) is 13.1 Å². The molecule has 0 atom stereocenters. The molecular weight excluding hydrogens is 208 g/mol. The fourth-order valence-electron chi connectivity index (χ4n) is 2.78. The molecule has 17 heavy (non-hydrogen) atoms. The predicted molar refractivity (Wildman–Crippen MR) is 74.8 cm³/mol. The zero-order valence-corrected chi connectivity index (χ0v) is 11.5. The Labute approximate surface area is 105 Å². The minimum Gasteiger partial charge on any atom is -0.371 e. The average molecular weight is 232 g/mol. The number of nitrogens with zero attached hydrogens (tertiary/aromatic N) is 1. The third-order valence-corrected chi connectivity index (χ3v) is 4.23. The fraction of sp³-hybridized carbons (Fsp3) is 0.600.